The summed E-state index contributed by atoms with van der Waals surface area (Å²) in [5.74, 6) is 0. The molecule has 1 rings (SSSR count). The molecule has 4 heteroatoms. The molecule has 0 N–H and O–H groups in total. The van der Waals surface area contributed by atoms with E-state index < -0.39 is 0 Å². The number of rotatable bonds is 0. The Morgan fingerprint density at radius 3 is 0.846 bits per heavy atom. The van der Waals surface area contributed by atoms with E-state index in [9.17, 15) is 0 Å². The van der Waals surface area contributed by atoms with Crippen molar-refractivity contribution >= 4 is 0 Å². The standard InChI is InChI=1S/C9H21N3.Mn/c1-10-4-6-11(2)8-9-12(3)7-5-10;/h4-9H2,1-3H3;/q;+2. The van der Waals surface area contributed by atoms with E-state index in [1.54, 1.807) is 0 Å². The maximum absolute atomic E-state index is 2.40. The molecule has 1 aliphatic heterocycles. The van der Waals surface area contributed by atoms with Crippen LogP contribution in [0, 0.1) is 0 Å². The SMILES string of the molecule is CN1CCN(C)CCN(C)CC1.[Mn+2]. The van der Waals surface area contributed by atoms with Crippen molar-refractivity contribution in [2.45, 2.75) is 0 Å². The van der Waals surface area contributed by atoms with Crippen LogP contribution in [0.5, 0.6) is 0 Å². The quantitative estimate of drug-likeness (QED) is 0.529. The van der Waals surface area contributed by atoms with Gasteiger partial charge in [0.1, 0.15) is 0 Å². The molecule has 0 bridgehead atoms. The van der Waals surface area contributed by atoms with Crippen molar-refractivity contribution in [3.63, 3.8) is 0 Å². The van der Waals surface area contributed by atoms with E-state index in [0.29, 0.717) is 0 Å². The molecule has 1 heterocycles. The van der Waals surface area contributed by atoms with E-state index in [0.717, 1.165) is 0 Å². The summed E-state index contributed by atoms with van der Waals surface area (Å²) in [6.45, 7) is 7.19. The van der Waals surface area contributed by atoms with Crippen LogP contribution in [0.3, 0.4) is 0 Å². The number of likely N-dealkylation sites (N-methyl/N-ethyl adjacent to an activating group) is 3. The van der Waals surface area contributed by atoms with Gasteiger partial charge in [0.2, 0.25) is 0 Å². The maximum atomic E-state index is 2.40. The topological polar surface area (TPSA) is 9.72 Å². The largest absolute Gasteiger partial charge is 2.00 e. The molecule has 13 heavy (non-hydrogen) atoms. The molecule has 0 unspecified atom stereocenters. The Labute approximate surface area is 92.5 Å². The summed E-state index contributed by atoms with van der Waals surface area (Å²) in [7, 11) is 6.60. The van der Waals surface area contributed by atoms with Crippen molar-refractivity contribution in [1.29, 1.82) is 0 Å². The minimum atomic E-state index is 0. The average Bonchev–Trinajstić information content (AvgIpc) is 2.11. The fourth-order valence-corrected chi connectivity index (χ4v) is 1.36. The molecule has 0 spiro atoms. The van der Waals surface area contributed by atoms with Gasteiger partial charge in [-0.2, -0.15) is 0 Å². The third kappa shape index (κ3) is 5.65. The molecule has 0 aliphatic carbocycles. The first-order valence-corrected chi connectivity index (χ1v) is 4.74. The molecule has 1 fully saturated rings. The number of nitrogens with zero attached hydrogens (tertiary/aromatic N) is 3. The normalized spacial score (nSPS) is 24.2. The van der Waals surface area contributed by atoms with Gasteiger partial charge in [-0.25, -0.2) is 0 Å². The van der Waals surface area contributed by atoms with E-state index in [1.807, 2.05) is 0 Å². The van der Waals surface area contributed by atoms with Crippen molar-refractivity contribution < 1.29 is 17.1 Å². The molecule has 3 nitrogen and oxygen atoms in total. The molecule has 0 amide bonds. The number of hydrogen-bond acceptors (Lipinski definition) is 3. The fourth-order valence-electron chi connectivity index (χ4n) is 1.36. The summed E-state index contributed by atoms with van der Waals surface area (Å²) in [4.78, 5) is 7.20. The minimum Gasteiger partial charge on any atom is -0.304 e. The Morgan fingerprint density at radius 1 is 0.538 bits per heavy atom. The van der Waals surface area contributed by atoms with Crippen LogP contribution in [0.1, 0.15) is 0 Å². The van der Waals surface area contributed by atoms with E-state index in [-0.39, 0.29) is 17.1 Å². The van der Waals surface area contributed by atoms with Gasteiger partial charge in [-0.15, -0.1) is 0 Å². The van der Waals surface area contributed by atoms with Crippen LogP contribution >= 0.6 is 0 Å². The molecule has 0 aromatic carbocycles. The van der Waals surface area contributed by atoms with Crippen molar-refractivity contribution in [2.75, 3.05) is 60.4 Å². The number of hydrogen-bond donors (Lipinski definition) is 0. The van der Waals surface area contributed by atoms with Gasteiger partial charge in [-0.1, -0.05) is 0 Å². The smallest absolute Gasteiger partial charge is 0.304 e. The van der Waals surface area contributed by atoms with Crippen molar-refractivity contribution in [1.82, 2.24) is 14.7 Å². The second-order valence-electron chi connectivity index (χ2n) is 3.91. The van der Waals surface area contributed by atoms with Crippen LogP contribution in [0.2, 0.25) is 0 Å². The fraction of sp³-hybridized carbons (Fsp3) is 1.00. The Kier molecular flexibility index (Phi) is 7.00. The van der Waals surface area contributed by atoms with Gasteiger partial charge in [-0.05, 0) is 21.1 Å². The minimum absolute atomic E-state index is 0. The third-order valence-electron chi connectivity index (χ3n) is 2.59. The van der Waals surface area contributed by atoms with Gasteiger partial charge in [0.15, 0.2) is 0 Å². The first-order valence-electron chi connectivity index (χ1n) is 4.74. The first kappa shape index (κ1) is 13.4. The van der Waals surface area contributed by atoms with Gasteiger partial charge >= 0.3 is 17.1 Å². The Bertz CT molecular complexity index is 96.3. The second kappa shape index (κ2) is 6.79. The molecule has 0 atom stereocenters. The van der Waals surface area contributed by atoms with Crippen molar-refractivity contribution in [3.05, 3.63) is 0 Å². The summed E-state index contributed by atoms with van der Waals surface area (Å²) in [6.07, 6.45) is 0. The monoisotopic (exact) mass is 226 g/mol. The molecule has 77 valence electrons. The van der Waals surface area contributed by atoms with Gasteiger partial charge < -0.3 is 14.7 Å². The summed E-state index contributed by atoms with van der Waals surface area (Å²) < 4.78 is 0. The predicted octanol–water partition coefficient (Wildman–Crippen LogP) is -0.207. The van der Waals surface area contributed by atoms with Crippen LogP contribution in [0.4, 0.5) is 0 Å². The van der Waals surface area contributed by atoms with Crippen LogP contribution in [-0.4, -0.2) is 75.1 Å². The van der Waals surface area contributed by atoms with Gasteiger partial charge in [-0.3, -0.25) is 0 Å². The zero-order chi connectivity index (χ0) is 8.97. The van der Waals surface area contributed by atoms with Crippen molar-refractivity contribution in [2.24, 2.45) is 0 Å². The van der Waals surface area contributed by atoms with E-state index in [2.05, 4.69) is 35.8 Å². The summed E-state index contributed by atoms with van der Waals surface area (Å²) in [6, 6.07) is 0. The Balaban J connectivity index is 0.00000144. The van der Waals surface area contributed by atoms with Crippen LogP contribution in [-0.2, 0) is 17.1 Å². The molecular formula is C9H21MnN3+2. The van der Waals surface area contributed by atoms with Crippen molar-refractivity contribution in [3.8, 4) is 0 Å². The first-order chi connectivity index (χ1) is 5.68. The molecule has 1 aliphatic rings. The molecule has 0 aromatic heterocycles. The van der Waals surface area contributed by atoms with Crippen LogP contribution < -0.4 is 0 Å². The summed E-state index contributed by atoms with van der Waals surface area (Å²) >= 11 is 0. The van der Waals surface area contributed by atoms with Gasteiger partial charge in [0.05, 0.1) is 0 Å². The molecule has 0 saturated carbocycles. The Morgan fingerprint density at radius 2 is 0.692 bits per heavy atom. The predicted molar refractivity (Wildman–Crippen MR) is 52.5 cm³/mol. The van der Waals surface area contributed by atoms with E-state index in [4.69, 9.17) is 0 Å². The molecule has 1 radical (unpaired) electrons. The maximum Gasteiger partial charge on any atom is 2.00 e. The van der Waals surface area contributed by atoms with E-state index >= 15 is 0 Å². The molecule has 1 saturated heterocycles. The van der Waals surface area contributed by atoms with Gasteiger partial charge in [0, 0.05) is 39.3 Å². The third-order valence-corrected chi connectivity index (χ3v) is 2.59. The Hall–Kier alpha value is 0.399. The summed E-state index contributed by atoms with van der Waals surface area (Å²) in [5.41, 5.74) is 0. The average molecular weight is 226 g/mol. The van der Waals surface area contributed by atoms with E-state index in [1.165, 1.54) is 39.3 Å². The summed E-state index contributed by atoms with van der Waals surface area (Å²) in [5, 5.41) is 0. The molecule has 0 aromatic rings. The van der Waals surface area contributed by atoms with Gasteiger partial charge in [0.25, 0.3) is 0 Å². The molecular weight excluding hydrogens is 205 g/mol. The zero-order valence-electron chi connectivity index (χ0n) is 8.96. The van der Waals surface area contributed by atoms with Crippen LogP contribution in [0.25, 0.3) is 0 Å². The second-order valence-corrected chi connectivity index (χ2v) is 3.91. The zero-order valence-corrected chi connectivity index (χ0v) is 10.1. The van der Waals surface area contributed by atoms with Crippen LogP contribution in [0.15, 0.2) is 0 Å².